The molecule has 2 aromatic carbocycles. The van der Waals surface area contributed by atoms with Gasteiger partial charge in [-0.3, -0.25) is 15.0 Å². The summed E-state index contributed by atoms with van der Waals surface area (Å²) in [6.07, 6.45) is -0.297. The molecule has 1 aliphatic heterocycles. The second-order valence-electron chi connectivity index (χ2n) is 7.41. The number of carboxylic acid groups (broad SMARTS) is 1. The highest BCUT2D eigenvalue weighted by Gasteiger charge is 2.29. The SMILES string of the molecule is N=C(N)c1ccc(C2=NO[C@@H](CC(=O)NC[C@H](NS(=O)(=O)c3ccccc3Br)C(=O)O)C2)cc1. The molecule has 0 radical (unpaired) electrons. The van der Waals surface area contributed by atoms with Crippen molar-refractivity contribution < 1.29 is 28.0 Å². The highest BCUT2D eigenvalue weighted by Crippen LogP contribution is 2.21. The minimum atomic E-state index is -4.15. The van der Waals surface area contributed by atoms with Crippen LogP contribution >= 0.6 is 15.9 Å². The number of rotatable bonds is 10. The Morgan fingerprint density at radius 1 is 1.24 bits per heavy atom. The minimum Gasteiger partial charge on any atom is -0.480 e. The monoisotopic (exact) mass is 551 g/mol. The van der Waals surface area contributed by atoms with E-state index in [2.05, 4.69) is 31.1 Å². The molecule has 2 atom stereocenters. The Hall–Kier alpha value is -3.29. The van der Waals surface area contributed by atoms with Gasteiger partial charge in [0.2, 0.25) is 15.9 Å². The van der Waals surface area contributed by atoms with Crippen LogP contribution in [-0.2, 0) is 24.4 Å². The van der Waals surface area contributed by atoms with Crippen molar-refractivity contribution in [3.63, 3.8) is 0 Å². The average Bonchev–Trinajstić information content (AvgIpc) is 3.25. The highest BCUT2D eigenvalue weighted by molar-refractivity contribution is 9.10. The van der Waals surface area contributed by atoms with Gasteiger partial charge in [-0.15, -0.1) is 0 Å². The van der Waals surface area contributed by atoms with Crippen molar-refractivity contribution in [1.29, 1.82) is 5.41 Å². The third-order valence-corrected chi connectivity index (χ3v) is 7.38. The maximum Gasteiger partial charge on any atom is 0.323 e. The van der Waals surface area contributed by atoms with Crippen molar-refractivity contribution in [1.82, 2.24) is 10.0 Å². The molecule has 0 fully saturated rings. The number of amidine groups is 1. The Bertz CT molecular complexity index is 1230. The lowest BCUT2D eigenvalue weighted by atomic mass is 10.0. The zero-order chi connectivity index (χ0) is 24.9. The molecule has 0 saturated heterocycles. The van der Waals surface area contributed by atoms with Crippen molar-refractivity contribution in [2.45, 2.75) is 29.9 Å². The molecule has 1 heterocycles. The fourth-order valence-corrected chi connectivity index (χ4v) is 5.33. The van der Waals surface area contributed by atoms with Crippen LogP contribution in [-0.4, -0.2) is 55.6 Å². The molecular formula is C21H22BrN5O6S. The number of amides is 1. The normalized spacial score (nSPS) is 16.3. The van der Waals surface area contributed by atoms with Crippen molar-refractivity contribution in [2.24, 2.45) is 10.9 Å². The van der Waals surface area contributed by atoms with Crippen molar-refractivity contribution in [3.05, 3.63) is 64.1 Å². The molecule has 11 nitrogen and oxygen atoms in total. The third-order valence-electron chi connectivity index (χ3n) is 4.90. The Kier molecular flexibility index (Phi) is 8.02. The molecule has 1 aliphatic rings. The Morgan fingerprint density at radius 2 is 1.91 bits per heavy atom. The summed E-state index contributed by atoms with van der Waals surface area (Å²) in [4.78, 5) is 29.1. The molecule has 0 bridgehead atoms. The molecule has 1 amide bonds. The lowest BCUT2D eigenvalue weighted by Gasteiger charge is -2.17. The first kappa shape index (κ1) is 25.3. The summed E-state index contributed by atoms with van der Waals surface area (Å²) >= 11 is 3.13. The standard InChI is InChI=1S/C21H22BrN5O6S/c22-15-3-1-2-4-18(15)34(31,32)27-17(21(29)30)11-25-19(28)10-14-9-16(26-33-14)12-5-7-13(8-6-12)20(23)24/h1-8,14,17,27H,9-11H2,(H3,23,24)(H,25,28)(H,29,30)/t14-,17+/m1/s1. The highest BCUT2D eigenvalue weighted by atomic mass is 79.9. The number of carboxylic acids is 1. The van der Waals surface area contributed by atoms with Crippen molar-refractivity contribution >= 4 is 49.4 Å². The van der Waals surface area contributed by atoms with Crippen LogP contribution in [0.5, 0.6) is 0 Å². The number of halogens is 1. The van der Waals surface area contributed by atoms with E-state index >= 15 is 0 Å². The average molecular weight is 552 g/mol. The first-order valence-electron chi connectivity index (χ1n) is 10.0. The number of nitrogens with one attached hydrogen (secondary N) is 3. The van der Waals surface area contributed by atoms with Gasteiger partial charge in [0.15, 0.2) is 0 Å². The van der Waals surface area contributed by atoms with Gasteiger partial charge >= 0.3 is 5.97 Å². The van der Waals surface area contributed by atoms with Gasteiger partial charge in [-0.1, -0.05) is 41.6 Å². The number of hydrogen-bond donors (Lipinski definition) is 5. The fraction of sp³-hybridized carbons (Fsp3) is 0.238. The van der Waals surface area contributed by atoms with Gasteiger partial charge in [0.1, 0.15) is 18.0 Å². The van der Waals surface area contributed by atoms with Gasteiger partial charge in [-0.2, -0.15) is 4.72 Å². The molecule has 2 aromatic rings. The molecule has 0 unspecified atom stereocenters. The number of sulfonamides is 1. The lowest BCUT2D eigenvalue weighted by Crippen LogP contribution is -2.48. The molecule has 34 heavy (non-hydrogen) atoms. The number of nitrogen functional groups attached to an aromatic ring is 1. The van der Waals surface area contributed by atoms with Crippen LogP contribution in [0.4, 0.5) is 0 Å². The summed E-state index contributed by atoms with van der Waals surface area (Å²) in [7, 11) is -4.15. The number of nitrogens with zero attached hydrogens (tertiary/aromatic N) is 1. The summed E-state index contributed by atoms with van der Waals surface area (Å²) in [5, 5.41) is 23.3. The molecule has 180 valence electrons. The molecule has 0 aliphatic carbocycles. The van der Waals surface area contributed by atoms with Crippen LogP contribution in [0.25, 0.3) is 0 Å². The fourth-order valence-electron chi connectivity index (χ4n) is 3.14. The van der Waals surface area contributed by atoms with Crippen LogP contribution in [0.15, 0.2) is 63.1 Å². The van der Waals surface area contributed by atoms with Crippen LogP contribution < -0.4 is 15.8 Å². The van der Waals surface area contributed by atoms with Gasteiger partial charge in [-0.05, 0) is 33.6 Å². The topological polar surface area (TPSA) is 184 Å². The summed E-state index contributed by atoms with van der Waals surface area (Å²) in [5.41, 5.74) is 7.40. The van der Waals surface area contributed by atoms with Gasteiger partial charge in [0.05, 0.1) is 17.0 Å². The van der Waals surface area contributed by atoms with E-state index in [0.717, 1.165) is 5.56 Å². The summed E-state index contributed by atoms with van der Waals surface area (Å²) in [6.45, 7) is -0.454. The van der Waals surface area contributed by atoms with Gasteiger partial charge in [-0.25, -0.2) is 8.42 Å². The minimum absolute atomic E-state index is 0.0518. The number of hydrogen-bond acceptors (Lipinski definition) is 7. The molecular weight excluding hydrogens is 530 g/mol. The lowest BCUT2D eigenvalue weighted by molar-refractivity contribution is -0.138. The summed E-state index contributed by atoms with van der Waals surface area (Å²) < 4.78 is 27.5. The van der Waals surface area contributed by atoms with Gasteiger partial charge in [0, 0.05) is 23.0 Å². The second kappa shape index (κ2) is 10.8. The number of aliphatic carboxylic acids is 1. The van der Waals surface area contributed by atoms with E-state index in [1.165, 1.54) is 18.2 Å². The first-order valence-corrected chi connectivity index (χ1v) is 12.3. The molecule has 0 spiro atoms. The number of benzene rings is 2. The quantitative estimate of drug-likeness (QED) is 0.216. The first-order chi connectivity index (χ1) is 16.1. The van der Waals surface area contributed by atoms with E-state index in [9.17, 15) is 23.1 Å². The van der Waals surface area contributed by atoms with Crippen molar-refractivity contribution in [3.8, 4) is 0 Å². The van der Waals surface area contributed by atoms with Gasteiger partial charge < -0.3 is 21.0 Å². The van der Waals surface area contributed by atoms with Crippen LogP contribution in [0.3, 0.4) is 0 Å². The zero-order valence-electron chi connectivity index (χ0n) is 17.7. The maximum absolute atomic E-state index is 12.5. The summed E-state index contributed by atoms with van der Waals surface area (Å²) in [5.74, 6) is -2.00. The number of nitrogens with two attached hydrogens (primary N) is 1. The van der Waals surface area contributed by atoms with E-state index < -0.39 is 40.6 Å². The van der Waals surface area contributed by atoms with E-state index in [1.807, 2.05) is 0 Å². The van der Waals surface area contributed by atoms with Crippen LogP contribution in [0, 0.1) is 5.41 Å². The number of oxime groups is 1. The Labute approximate surface area is 204 Å². The van der Waals surface area contributed by atoms with E-state index in [4.69, 9.17) is 16.0 Å². The Balaban J connectivity index is 1.53. The molecule has 6 N–H and O–H groups in total. The maximum atomic E-state index is 12.5. The number of carbonyl (C=O) groups is 2. The largest absolute Gasteiger partial charge is 0.480 e. The molecule has 0 aromatic heterocycles. The molecule has 0 saturated carbocycles. The second-order valence-corrected chi connectivity index (χ2v) is 9.95. The van der Waals surface area contributed by atoms with Crippen LogP contribution in [0.1, 0.15) is 24.0 Å². The van der Waals surface area contributed by atoms with Gasteiger partial charge in [0.25, 0.3) is 0 Å². The molecule has 13 heteroatoms. The predicted molar refractivity (Wildman–Crippen MR) is 127 cm³/mol. The third kappa shape index (κ3) is 6.40. The zero-order valence-corrected chi connectivity index (χ0v) is 20.1. The predicted octanol–water partition coefficient (Wildman–Crippen LogP) is 1.16. The van der Waals surface area contributed by atoms with Crippen molar-refractivity contribution in [2.75, 3.05) is 6.54 Å². The summed E-state index contributed by atoms with van der Waals surface area (Å²) in [6, 6.07) is 11.3. The van der Waals surface area contributed by atoms with E-state index in [-0.39, 0.29) is 21.6 Å². The molecule has 3 rings (SSSR count). The number of carbonyl (C=O) groups excluding carboxylic acids is 1. The Morgan fingerprint density at radius 3 is 2.53 bits per heavy atom. The smallest absolute Gasteiger partial charge is 0.323 e. The van der Waals surface area contributed by atoms with Crippen LogP contribution in [0.2, 0.25) is 0 Å². The van der Waals surface area contributed by atoms with E-state index in [1.54, 1.807) is 30.3 Å². The van der Waals surface area contributed by atoms with E-state index in [0.29, 0.717) is 17.7 Å².